The number of carbonyl (C=O) groups excluding carboxylic acids is 1. The number of anilines is 1. The summed E-state index contributed by atoms with van der Waals surface area (Å²) in [6.45, 7) is 1.22. The lowest BCUT2D eigenvalue weighted by Crippen LogP contribution is -2.37. The molecule has 8 heteroatoms. The summed E-state index contributed by atoms with van der Waals surface area (Å²) in [5.74, 6) is 0.272. The van der Waals surface area contributed by atoms with E-state index in [2.05, 4.69) is 22.5 Å². The van der Waals surface area contributed by atoms with Crippen LogP contribution in [0.1, 0.15) is 52.8 Å². The number of rotatable bonds is 5. The fourth-order valence-electron chi connectivity index (χ4n) is 5.06. The van der Waals surface area contributed by atoms with E-state index >= 15 is 0 Å². The van der Waals surface area contributed by atoms with Gasteiger partial charge in [-0.3, -0.25) is 4.79 Å². The minimum absolute atomic E-state index is 0.153. The molecule has 1 saturated heterocycles. The molecule has 0 spiro atoms. The van der Waals surface area contributed by atoms with Gasteiger partial charge in [0.25, 0.3) is 5.91 Å². The highest BCUT2D eigenvalue weighted by molar-refractivity contribution is 5.99. The van der Waals surface area contributed by atoms with Gasteiger partial charge in [0.1, 0.15) is 11.4 Å². The number of hydrogen-bond acceptors (Lipinski definition) is 3. The van der Waals surface area contributed by atoms with Crippen LogP contribution >= 0.6 is 0 Å². The molecule has 1 fully saturated rings. The Morgan fingerprint density at radius 3 is 2.47 bits per heavy atom. The molecule has 3 atom stereocenters. The summed E-state index contributed by atoms with van der Waals surface area (Å²) in [4.78, 5) is 15.1. The summed E-state index contributed by atoms with van der Waals surface area (Å²) in [6.07, 6.45) is -0.538. The zero-order valence-electron chi connectivity index (χ0n) is 18.7. The Balaban J connectivity index is 1.33. The van der Waals surface area contributed by atoms with Crippen molar-refractivity contribution >= 4 is 11.7 Å². The topological polar surface area (TPSA) is 50.2 Å². The van der Waals surface area contributed by atoms with Gasteiger partial charge in [-0.05, 0) is 36.3 Å². The molecular formula is C26H27F3N4O. The second-order valence-electron chi connectivity index (χ2n) is 9.18. The van der Waals surface area contributed by atoms with Gasteiger partial charge in [-0.2, -0.15) is 18.3 Å². The van der Waals surface area contributed by atoms with E-state index in [-0.39, 0.29) is 23.7 Å². The predicted molar refractivity (Wildman–Crippen MR) is 124 cm³/mol. The number of aromatic nitrogens is 2. The lowest BCUT2D eigenvalue weighted by molar-refractivity contribution is -0.173. The van der Waals surface area contributed by atoms with Crippen molar-refractivity contribution in [2.24, 2.45) is 5.92 Å². The maximum Gasteiger partial charge on any atom is 0.410 e. The number of nitrogens with one attached hydrogen (secondary N) is 1. The molecule has 3 aromatic rings. The molecular weight excluding hydrogens is 441 g/mol. The molecule has 0 radical (unpaired) electrons. The quantitative estimate of drug-likeness (QED) is 0.527. The molecule has 1 N–H and O–H groups in total. The lowest BCUT2D eigenvalue weighted by atomic mass is 9.96. The van der Waals surface area contributed by atoms with Crippen LogP contribution in [0.3, 0.4) is 0 Å². The van der Waals surface area contributed by atoms with Crippen LogP contribution in [0.5, 0.6) is 0 Å². The number of alkyl halides is 3. The number of amides is 1. The molecule has 2 aliphatic rings. The van der Waals surface area contributed by atoms with E-state index in [1.165, 1.54) is 11.8 Å². The molecule has 0 saturated carbocycles. The van der Waals surface area contributed by atoms with Crippen LogP contribution in [0.2, 0.25) is 0 Å². The summed E-state index contributed by atoms with van der Waals surface area (Å²) in [6, 6.07) is 16.9. The van der Waals surface area contributed by atoms with Crippen LogP contribution in [-0.4, -0.2) is 39.9 Å². The SMILES string of the molecule is O=C(c1cnn2c1NC(c1ccccc1)C[C@H]2C(F)(F)F)N1CCC(CCc2ccccc2)C1. The Morgan fingerprint density at radius 2 is 1.76 bits per heavy atom. The van der Waals surface area contributed by atoms with Crippen LogP contribution < -0.4 is 5.32 Å². The van der Waals surface area contributed by atoms with E-state index in [4.69, 9.17) is 0 Å². The van der Waals surface area contributed by atoms with Crippen molar-refractivity contribution in [3.8, 4) is 0 Å². The second kappa shape index (κ2) is 9.16. The highest BCUT2D eigenvalue weighted by Crippen LogP contribution is 2.44. The fraction of sp³-hybridized carbons (Fsp3) is 0.385. The van der Waals surface area contributed by atoms with Crippen molar-refractivity contribution in [1.82, 2.24) is 14.7 Å². The minimum atomic E-state index is -4.47. The average Bonchev–Trinajstić information content (AvgIpc) is 3.50. The van der Waals surface area contributed by atoms with E-state index in [0.29, 0.717) is 19.0 Å². The molecule has 0 bridgehead atoms. The molecule has 3 heterocycles. The third-order valence-electron chi connectivity index (χ3n) is 6.93. The summed E-state index contributed by atoms with van der Waals surface area (Å²) in [7, 11) is 0. The predicted octanol–water partition coefficient (Wildman–Crippen LogP) is 5.64. The number of halogens is 3. The van der Waals surface area contributed by atoms with Gasteiger partial charge in [-0.15, -0.1) is 0 Å². The highest BCUT2D eigenvalue weighted by atomic mass is 19.4. The number of nitrogens with zero attached hydrogens (tertiary/aromatic N) is 3. The Morgan fingerprint density at radius 1 is 1.06 bits per heavy atom. The molecule has 0 aliphatic carbocycles. The van der Waals surface area contributed by atoms with Crippen LogP contribution in [-0.2, 0) is 6.42 Å². The Labute approximate surface area is 196 Å². The van der Waals surface area contributed by atoms with Gasteiger partial charge in [-0.25, -0.2) is 4.68 Å². The maximum absolute atomic E-state index is 13.9. The number of aryl methyl sites for hydroxylation is 1. The van der Waals surface area contributed by atoms with Crippen molar-refractivity contribution in [3.05, 3.63) is 83.6 Å². The van der Waals surface area contributed by atoms with Crippen molar-refractivity contribution in [1.29, 1.82) is 0 Å². The zero-order chi connectivity index (χ0) is 23.7. The molecule has 5 rings (SSSR count). The number of likely N-dealkylation sites (tertiary alicyclic amines) is 1. The Hall–Kier alpha value is -3.29. The lowest BCUT2D eigenvalue weighted by Gasteiger charge is -2.34. The van der Waals surface area contributed by atoms with E-state index in [1.807, 2.05) is 24.3 Å². The molecule has 5 nitrogen and oxygen atoms in total. The van der Waals surface area contributed by atoms with Gasteiger partial charge in [0.05, 0.1) is 12.2 Å². The van der Waals surface area contributed by atoms with Gasteiger partial charge in [0, 0.05) is 19.5 Å². The van der Waals surface area contributed by atoms with Crippen LogP contribution in [0.4, 0.5) is 19.0 Å². The molecule has 2 aliphatic heterocycles. The summed E-state index contributed by atoms with van der Waals surface area (Å²) in [5, 5.41) is 7.19. The Kier molecular flexibility index (Phi) is 6.06. The van der Waals surface area contributed by atoms with Crippen molar-refractivity contribution in [2.45, 2.75) is 43.9 Å². The molecule has 1 aromatic heterocycles. The van der Waals surface area contributed by atoms with Gasteiger partial charge in [0.15, 0.2) is 6.04 Å². The van der Waals surface area contributed by atoms with Crippen molar-refractivity contribution in [2.75, 3.05) is 18.4 Å². The molecule has 178 valence electrons. The monoisotopic (exact) mass is 468 g/mol. The van der Waals surface area contributed by atoms with Crippen molar-refractivity contribution < 1.29 is 18.0 Å². The summed E-state index contributed by atoms with van der Waals surface area (Å²) >= 11 is 0. The number of benzene rings is 2. The fourth-order valence-corrected chi connectivity index (χ4v) is 5.06. The zero-order valence-corrected chi connectivity index (χ0v) is 18.7. The number of carbonyl (C=O) groups is 1. The van der Waals surface area contributed by atoms with E-state index < -0.39 is 18.3 Å². The van der Waals surface area contributed by atoms with Crippen LogP contribution in [0.25, 0.3) is 0 Å². The maximum atomic E-state index is 13.9. The van der Waals surface area contributed by atoms with Gasteiger partial charge >= 0.3 is 6.18 Å². The largest absolute Gasteiger partial charge is 0.410 e. The number of hydrogen-bond donors (Lipinski definition) is 1. The van der Waals surface area contributed by atoms with Gasteiger partial charge < -0.3 is 10.2 Å². The normalized spacial score (nSPS) is 22.3. The Bertz CT molecular complexity index is 1130. The molecule has 34 heavy (non-hydrogen) atoms. The first-order chi connectivity index (χ1) is 16.4. The smallest absolute Gasteiger partial charge is 0.363 e. The third kappa shape index (κ3) is 4.54. The first-order valence-electron chi connectivity index (χ1n) is 11.7. The van der Waals surface area contributed by atoms with E-state index in [9.17, 15) is 18.0 Å². The first-order valence-corrected chi connectivity index (χ1v) is 11.7. The molecule has 1 amide bonds. The summed E-state index contributed by atoms with van der Waals surface area (Å²) < 4.78 is 42.7. The van der Waals surface area contributed by atoms with Crippen LogP contribution in [0.15, 0.2) is 66.9 Å². The second-order valence-corrected chi connectivity index (χ2v) is 9.18. The standard InChI is InChI=1S/C26H27F3N4O/c27-26(28,29)23-15-22(20-9-5-2-6-10-20)31-24-21(16-30-33(23)24)25(34)32-14-13-19(17-32)12-11-18-7-3-1-4-8-18/h1-10,16,19,22-23,31H,11-15,17H2/t19?,22?,23-/m0/s1. The highest BCUT2D eigenvalue weighted by Gasteiger charge is 2.47. The first kappa shape index (κ1) is 22.5. The third-order valence-corrected chi connectivity index (χ3v) is 6.93. The van der Waals surface area contributed by atoms with Gasteiger partial charge in [0.2, 0.25) is 0 Å². The molecule has 2 aromatic carbocycles. The molecule has 2 unspecified atom stereocenters. The average molecular weight is 469 g/mol. The van der Waals surface area contributed by atoms with Crippen molar-refractivity contribution in [3.63, 3.8) is 0 Å². The van der Waals surface area contributed by atoms with Crippen LogP contribution in [0, 0.1) is 5.92 Å². The van der Waals surface area contributed by atoms with E-state index in [1.54, 1.807) is 29.2 Å². The summed E-state index contributed by atoms with van der Waals surface area (Å²) in [5.41, 5.74) is 2.23. The number of fused-ring (bicyclic) bond motifs is 1. The van der Waals surface area contributed by atoms with Gasteiger partial charge in [-0.1, -0.05) is 60.7 Å². The van der Waals surface area contributed by atoms with E-state index in [0.717, 1.165) is 29.5 Å². The minimum Gasteiger partial charge on any atom is -0.363 e.